The van der Waals surface area contributed by atoms with Crippen molar-refractivity contribution in [1.82, 2.24) is 4.98 Å². The second-order valence-corrected chi connectivity index (χ2v) is 4.70. The molecule has 0 saturated carbocycles. The van der Waals surface area contributed by atoms with Crippen molar-refractivity contribution in [2.45, 2.75) is 11.1 Å². The van der Waals surface area contributed by atoms with Gasteiger partial charge in [-0.25, -0.2) is 4.98 Å². The Morgan fingerprint density at radius 1 is 1.62 bits per heavy atom. The van der Waals surface area contributed by atoms with E-state index in [9.17, 15) is 5.11 Å². The number of pyridine rings is 1. The molecule has 1 heterocycles. The van der Waals surface area contributed by atoms with E-state index >= 15 is 0 Å². The van der Waals surface area contributed by atoms with Gasteiger partial charge in [0.15, 0.2) is 0 Å². The highest BCUT2D eigenvalue weighted by atomic mass is 79.9. The van der Waals surface area contributed by atoms with Crippen LogP contribution >= 0.6 is 39.3 Å². The minimum atomic E-state index is -0.461. The van der Waals surface area contributed by atoms with Gasteiger partial charge in [-0.1, -0.05) is 0 Å². The number of alkyl halides is 1. The van der Waals surface area contributed by atoms with E-state index in [0.717, 1.165) is 9.50 Å². The van der Waals surface area contributed by atoms with Crippen LogP contribution in [0.5, 0.6) is 0 Å². The Morgan fingerprint density at radius 2 is 2.38 bits per heavy atom. The molecule has 0 fully saturated rings. The maximum absolute atomic E-state index is 9.18. The van der Waals surface area contributed by atoms with Crippen molar-refractivity contribution < 1.29 is 5.11 Å². The number of halogens is 2. The lowest BCUT2D eigenvalue weighted by molar-refractivity contribution is 0.223. The molecule has 0 bridgehead atoms. The van der Waals surface area contributed by atoms with Crippen LogP contribution in [0.2, 0.25) is 0 Å². The summed E-state index contributed by atoms with van der Waals surface area (Å²) < 4.78 is 0.953. The average Bonchev–Trinajstić information content (AvgIpc) is 2.16. The molecule has 5 heteroatoms. The van der Waals surface area contributed by atoms with Crippen molar-refractivity contribution in [1.29, 1.82) is 0 Å². The molecule has 13 heavy (non-hydrogen) atoms. The molecule has 2 nitrogen and oxygen atoms in total. The molecule has 0 spiro atoms. The molecule has 0 aromatic carbocycles. The largest absolute Gasteiger partial charge is 0.391 e. The van der Waals surface area contributed by atoms with Crippen LogP contribution in [0.1, 0.15) is 0 Å². The molecule has 0 aliphatic heterocycles. The highest BCUT2D eigenvalue weighted by Crippen LogP contribution is 2.18. The first-order valence-corrected chi connectivity index (χ1v) is 6.02. The van der Waals surface area contributed by atoms with E-state index in [2.05, 4.69) is 20.9 Å². The van der Waals surface area contributed by atoms with Crippen LogP contribution in [0.15, 0.2) is 27.8 Å². The number of aliphatic hydroxyl groups excluding tert-OH is 1. The molecular weight excluding hydrogens is 274 g/mol. The summed E-state index contributed by atoms with van der Waals surface area (Å²) in [5.74, 6) is 0.849. The highest BCUT2D eigenvalue weighted by molar-refractivity contribution is 9.10. The number of nitrogens with zero attached hydrogens (tertiary/aromatic N) is 1. The van der Waals surface area contributed by atoms with Crippen molar-refractivity contribution in [3.63, 3.8) is 0 Å². The predicted molar refractivity (Wildman–Crippen MR) is 59.4 cm³/mol. The number of aliphatic hydroxyl groups is 1. The van der Waals surface area contributed by atoms with E-state index < -0.39 is 6.10 Å². The smallest absolute Gasteiger partial charge is 0.0961 e. The zero-order valence-electron chi connectivity index (χ0n) is 6.78. The van der Waals surface area contributed by atoms with Crippen LogP contribution in [-0.2, 0) is 0 Å². The average molecular weight is 283 g/mol. The van der Waals surface area contributed by atoms with E-state index in [1.54, 1.807) is 6.20 Å². The molecule has 1 aromatic rings. The first-order valence-electron chi connectivity index (χ1n) is 3.70. The standard InChI is InChI=1S/C8H9BrClNOS/c9-6-1-2-8(11-4-6)13-5-7(12)3-10/h1-2,4,7,12H,3,5H2. The molecule has 0 saturated heterocycles. The van der Waals surface area contributed by atoms with E-state index in [4.69, 9.17) is 11.6 Å². The maximum atomic E-state index is 9.18. The molecule has 0 amide bonds. The van der Waals surface area contributed by atoms with Gasteiger partial charge in [0.25, 0.3) is 0 Å². The normalized spacial score (nSPS) is 12.8. The molecule has 1 rings (SSSR count). The molecular formula is C8H9BrClNOS. The van der Waals surface area contributed by atoms with E-state index in [0.29, 0.717) is 5.75 Å². The van der Waals surface area contributed by atoms with Crippen LogP contribution in [0, 0.1) is 0 Å². The lowest BCUT2D eigenvalue weighted by Crippen LogP contribution is -2.11. The van der Waals surface area contributed by atoms with Crippen molar-refractivity contribution in [3.8, 4) is 0 Å². The molecule has 1 aromatic heterocycles. The second kappa shape index (κ2) is 5.86. The Labute approximate surface area is 94.8 Å². The van der Waals surface area contributed by atoms with Gasteiger partial charge in [0.05, 0.1) is 11.1 Å². The number of hydrogen-bond acceptors (Lipinski definition) is 3. The van der Waals surface area contributed by atoms with Gasteiger partial charge >= 0.3 is 0 Å². The topological polar surface area (TPSA) is 33.1 Å². The predicted octanol–water partition coefficient (Wildman–Crippen LogP) is 2.54. The Kier molecular flexibility index (Phi) is 5.09. The number of aromatic nitrogens is 1. The van der Waals surface area contributed by atoms with Crippen LogP contribution in [0.3, 0.4) is 0 Å². The summed E-state index contributed by atoms with van der Waals surface area (Å²) in [7, 11) is 0. The Balaban J connectivity index is 2.41. The molecule has 1 unspecified atom stereocenters. The number of thioether (sulfide) groups is 1. The minimum Gasteiger partial charge on any atom is -0.391 e. The lowest BCUT2D eigenvalue weighted by atomic mass is 10.5. The zero-order chi connectivity index (χ0) is 9.68. The summed E-state index contributed by atoms with van der Waals surface area (Å²) in [5, 5.41) is 10.1. The van der Waals surface area contributed by atoms with Gasteiger partial charge in [0.2, 0.25) is 0 Å². The maximum Gasteiger partial charge on any atom is 0.0961 e. The van der Waals surface area contributed by atoms with Gasteiger partial charge < -0.3 is 5.11 Å². The van der Waals surface area contributed by atoms with Crippen LogP contribution in [0.4, 0.5) is 0 Å². The van der Waals surface area contributed by atoms with Crippen LogP contribution in [0.25, 0.3) is 0 Å². The van der Waals surface area contributed by atoms with E-state index in [1.165, 1.54) is 11.8 Å². The van der Waals surface area contributed by atoms with Gasteiger partial charge in [-0.2, -0.15) is 0 Å². The van der Waals surface area contributed by atoms with Gasteiger partial charge in [-0.15, -0.1) is 23.4 Å². The quantitative estimate of drug-likeness (QED) is 0.680. The third-order valence-electron chi connectivity index (χ3n) is 1.30. The SMILES string of the molecule is OC(CCl)CSc1ccc(Br)cn1. The number of rotatable bonds is 4. The second-order valence-electron chi connectivity index (χ2n) is 2.43. The van der Waals surface area contributed by atoms with Crippen molar-refractivity contribution >= 4 is 39.3 Å². The summed E-state index contributed by atoms with van der Waals surface area (Å²) in [6, 6.07) is 3.82. The third kappa shape index (κ3) is 4.31. The fraction of sp³-hybridized carbons (Fsp3) is 0.375. The number of hydrogen-bond donors (Lipinski definition) is 1. The Hall–Kier alpha value is 0.230. The van der Waals surface area contributed by atoms with Crippen molar-refractivity contribution in [2.75, 3.05) is 11.6 Å². The van der Waals surface area contributed by atoms with Crippen molar-refractivity contribution in [3.05, 3.63) is 22.8 Å². The fourth-order valence-electron chi connectivity index (χ4n) is 0.674. The monoisotopic (exact) mass is 281 g/mol. The minimum absolute atomic E-state index is 0.267. The van der Waals surface area contributed by atoms with Crippen LogP contribution in [-0.4, -0.2) is 27.8 Å². The van der Waals surface area contributed by atoms with Gasteiger partial charge in [0, 0.05) is 22.3 Å². The first-order chi connectivity index (χ1) is 6.22. The van der Waals surface area contributed by atoms with Crippen molar-refractivity contribution in [2.24, 2.45) is 0 Å². The Morgan fingerprint density at radius 3 is 2.92 bits per heavy atom. The Bertz CT molecular complexity index is 257. The summed E-state index contributed by atoms with van der Waals surface area (Å²) in [5.41, 5.74) is 0. The van der Waals surface area contributed by atoms with Crippen LogP contribution < -0.4 is 0 Å². The van der Waals surface area contributed by atoms with E-state index in [1.807, 2.05) is 12.1 Å². The summed E-state index contributed by atoms with van der Waals surface area (Å²) in [6.45, 7) is 0. The third-order valence-corrected chi connectivity index (χ3v) is 3.22. The molecule has 0 aliphatic carbocycles. The summed E-state index contributed by atoms with van der Waals surface area (Å²) in [4.78, 5) is 4.15. The van der Waals surface area contributed by atoms with Gasteiger partial charge in [0.1, 0.15) is 0 Å². The molecule has 1 atom stereocenters. The zero-order valence-corrected chi connectivity index (χ0v) is 9.94. The first kappa shape index (κ1) is 11.3. The van der Waals surface area contributed by atoms with Gasteiger partial charge in [-0.05, 0) is 28.1 Å². The summed E-state index contributed by atoms with van der Waals surface area (Å²) in [6.07, 6.45) is 1.27. The summed E-state index contributed by atoms with van der Waals surface area (Å²) >= 11 is 10.2. The lowest BCUT2D eigenvalue weighted by Gasteiger charge is -2.04. The molecule has 1 N–H and O–H groups in total. The van der Waals surface area contributed by atoms with Gasteiger partial charge in [-0.3, -0.25) is 0 Å². The molecule has 72 valence electrons. The van der Waals surface area contributed by atoms with E-state index in [-0.39, 0.29) is 5.88 Å². The molecule has 0 radical (unpaired) electrons. The fourth-order valence-corrected chi connectivity index (χ4v) is 1.92. The highest BCUT2D eigenvalue weighted by Gasteiger charge is 2.03. The molecule has 0 aliphatic rings.